The third-order valence-corrected chi connectivity index (χ3v) is 6.81. The number of halogens is 1. The van der Waals surface area contributed by atoms with Crippen LogP contribution in [0, 0.1) is 0 Å². The predicted octanol–water partition coefficient (Wildman–Crippen LogP) is 2.63. The van der Waals surface area contributed by atoms with Crippen molar-refractivity contribution in [3.63, 3.8) is 0 Å². The number of nitrogens with zero attached hydrogens (tertiary/aromatic N) is 1. The number of nitrogens with two attached hydrogens (primary N) is 1. The first-order valence-corrected chi connectivity index (χ1v) is 11.1. The second-order valence-electron chi connectivity index (χ2n) is 6.45. The van der Waals surface area contributed by atoms with Crippen LogP contribution < -0.4 is 10.6 Å². The van der Waals surface area contributed by atoms with Gasteiger partial charge in [-0.2, -0.15) is 4.31 Å². The molecule has 2 rings (SSSR count). The number of nitrogens with one attached hydrogen (secondary N) is 1. The molecule has 2 aromatic carbocycles. The van der Waals surface area contributed by atoms with E-state index >= 15 is 0 Å². The molecule has 8 heteroatoms. The molecule has 0 aliphatic rings. The molecule has 0 aliphatic carbocycles. The van der Waals surface area contributed by atoms with Gasteiger partial charge >= 0.3 is 0 Å². The summed E-state index contributed by atoms with van der Waals surface area (Å²) in [4.78, 5) is 12.4. The number of benzene rings is 2. The van der Waals surface area contributed by atoms with E-state index in [-0.39, 0.29) is 23.4 Å². The Morgan fingerprint density at radius 2 is 1.79 bits per heavy atom. The van der Waals surface area contributed by atoms with Gasteiger partial charge in [-0.3, -0.25) is 4.79 Å². The second-order valence-corrected chi connectivity index (χ2v) is 8.82. The van der Waals surface area contributed by atoms with Gasteiger partial charge in [-0.05, 0) is 43.3 Å². The van der Waals surface area contributed by atoms with Gasteiger partial charge in [-0.25, -0.2) is 8.42 Å². The average Bonchev–Trinajstić information content (AvgIpc) is 2.67. The van der Waals surface area contributed by atoms with Crippen molar-refractivity contribution in [3.8, 4) is 0 Å². The molecular weight excluding hydrogens is 398 g/mol. The van der Waals surface area contributed by atoms with Gasteiger partial charge in [-0.1, -0.05) is 37.6 Å². The van der Waals surface area contributed by atoms with E-state index in [0.717, 1.165) is 5.56 Å². The van der Waals surface area contributed by atoms with Crippen LogP contribution in [0.3, 0.4) is 0 Å². The first-order valence-electron chi connectivity index (χ1n) is 9.26. The Bertz CT molecular complexity index is 897. The number of rotatable bonds is 9. The third kappa shape index (κ3) is 5.78. The molecule has 0 aromatic heterocycles. The van der Waals surface area contributed by atoms with Crippen molar-refractivity contribution < 1.29 is 18.5 Å². The van der Waals surface area contributed by atoms with Crippen molar-refractivity contribution in [1.82, 2.24) is 4.31 Å². The van der Waals surface area contributed by atoms with Crippen molar-refractivity contribution in [2.24, 2.45) is 0 Å². The van der Waals surface area contributed by atoms with Crippen LogP contribution in [0.4, 0.5) is 5.69 Å². The zero-order chi connectivity index (χ0) is 20.7. The van der Waals surface area contributed by atoms with Crippen molar-refractivity contribution >= 4 is 33.2 Å². The molecular formula is C20H27ClN3O3S+. The zero-order valence-corrected chi connectivity index (χ0v) is 17.9. The SMILES string of the molecule is CCN(CC)S(=O)(=O)c1ccc(NC(=O)C[NH2+][C@@H](C)c2cccc(Cl)c2)cc1. The first kappa shape index (κ1) is 22.4. The molecule has 0 aliphatic heterocycles. The second kappa shape index (κ2) is 10.0. The summed E-state index contributed by atoms with van der Waals surface area (Å²) in [5, 5.41) is 5.38. The molecule has 3 N–H and O–H groups in total. The summed E-state index contributed by atoms with van der Waals surface area (Å²) in [7, 11) is -3.50. The minimum absolute atomic E-state index is 0.0889. The monoisotopic (exact) mass is 424 g/mol. The minimum atomic E-state index is -3.50. The first-order chi connectivity index (χ1) is 13.3. The van der Waals surface area contributed by atoms with E-state index in [9.17, 15) is 13.2 Å². The third-order valence-electron chi connectivity index (χ3n) is 4.51. The van der Waals surface area contributed by atoms with Gasteiger partial charge in [0, 0.05) is 29.4 Å². The van der Waals surface area contributed by atoms with Crippen LogP contribution in [-0.4, -0.2) is 38.3 Å². The highest BCUT2D eigenvalue weighted by molar-refractivity contribution is 7.89. The molecule has 6 nitrogen and oxygen atoms in total. The molecule has 1 atom stereocenters. The molecule has 28 heavy (non-hydrogen) atoms. The number of quaternary nitrogens is 1. The molecule has 0 saturated carbocycles. The van der Waals surface area contributed by atoms with Crippen LogP contribution >= 0.6 is 11.6 Å². The fourth-order valence-electron chi connectivity index (χ4n) is 2.84. The highest BCUT2D eigenvalue weighted by Crippen LogP contribution is 2.18. The van der Waals surface area contributed by atoms with E-state index < -0.39 is 10.0 Å². The topological polar surface area (TPSA) is 83.1 Å². The molecule has 0 saturated heterocycles. The highest BCUT2D eigenvalue weighted by atomic mass is 35.5. The van der Waals surface area contributed by atoms with E-state index in [1.54, 1.807) is 26.0 Å². The summed E-state index contributed by atoms with van der Waals surface area (Å²) in [5.74, 6) is -0.159. The van der Waals surface area contributed by atoms with E-state index in [4.69, 9.17) is 11.6 Å². The summed E-state index contributed by atoms with van der Waals surface area (Å²) in [6.07, 6.45) is 0. The van der Waals surface area contributed by atoms with E-state index in [0.29, 0.717) is 23.8 Å². The molecule has 0 fully saturated rings. The number of hydrogen-bond acceptors (Lipinski definition) is 3. The Balaban J connectivity index is 1.94. The van der Waals surface area contributed by atoms with Gasteiger partial charge in [-0.15, -0.1) is 0 Å². The van der Waals surface area contributed by atoms with Crippen LogP contribution in [0.15, 0.2) is 53.4 Å². The summed E-state index contributed by atoms with van der Waals surface area (Å²) in [5.41, 5.74) is 1.61. The number of carbonyl (C=O) groups is 1. The smallest absolute Gasteiger partial charge is 0.279 e. The van der Waals surface area contributed by atoms with Crippen LogP contribution in [-0.2, 0) is 14.8 Å². The van der Waals surface area contributed by atoms with Gasteiger partial charge in [0.25, 0.3) is 5.91 Å². The lowest BCUT2D eigenvalue weighted by Gasteiger charge is -2.18. The lowest BCUT2D eigenvalue weighted by Crippen LogP contribution is -2.86. The number of sulfonamides is 1. The maximum absolute atomic E-state index is 12.5. The lowest BCUT2D eigenvalue weighted by atomic mass is 10.1. The molecule has 0 spiro atoms. The van der Waals surface area contributed by atoms with Crippen LogP contribution in [0.5, 0.6) is 0 Å². The van der Waals surface area contributed by atoms with E-state index in [1.807, 2.05) is 36.5 Å². The summed E-state index contributed by atoms with van der Waals surface area (Å²) >= 11 is 6.00. The summed E-state index contributed by atoms with van der Waals surface area (Å²) < 4.78 is 26.4. The number of amides is 1. The largest absolute Gasteiger partial charge is 0.333 e. The Labute approximate surface area is 171 Å². The van der Waals surface area contributed by atoms with Gasteiger partial charge in [0.05, 0.1) is 4.90 Å². The van der Waals surface area contributed by atoms with Gasteiger partial charge in [0.1, 0.15) is 6.04 Å². The molecule has 0 radical (unpaired) electrons. The number of carbonyl (C=O) groups excluding carboxylic acids is 1. The predicted molar refractivity (Wildman–Crippen MR) is 112 cm³/mol. The highest BCUT2D eigenvalue weighted by Gasteiger charge is 2.21. The molecule has 152 valence electrons. The molecule has 0 heterocycles. The lowest BCUT2D eigenvalue weighted by molar-refractivity contribution is -0.682. The Morgan fingerprint density at radius 3 is 2.36 bits per heavy atom. The standard InChI is InChI=1S/C20H26ClN3O3S/c1-4-24(5-2)28(26,27)19-11-9-18(10-12-19)23-20(25)14-22-15(3)16-7-6-8-17(21)13-16/h6-13,15,22H,4-5,14H2,1-3H3,(H,23,25)/p+1/t15-/m0/s1. The van der Waals surface area contributed by atoms with Crippen molar-refractivity contribution in [3.05, 3.63) is 59.1 Å². The van der Waals surface area contributed by atoms with Gasteiger partial charge in [0.2, 0.25) is 10.0 Å². The van der Waals surface area contributed by atoms with E-state index in [2.05, 4.69) is 5.32 Å². The minimum Gasteiger partial charge on any atom is -0.333 e. The zero-order valence-electron chi connectivity index (χ0n) is 16.4. The molecule has 0 bridgehead atoms. The van der Waals surface area contributed by atoms with Crippen molar-refractivity contribution in [2.45, 2.75) is 31.7 Å². The van der Waals surface area contributed by atoms with Crippen LogP contribution in [0.25, 0.3) is 0 Å². The molecule has 2 aromatic rings. The maximum Gasteiger partial charge on any atom is 0.279 e. The Kier molecular flexibility index (Phi) is 8.00. The Morgan fingerprint density at radius 1 is 1.14 bits per heavy atom. The van der Waals surface area contributed by atoms with Crippen LogP contribution in [0.2, 0.25) is 5.02 Å². The average molecular weight is 425 g/mol. The van der Waals surface area contributed by atoms with Crippen LogP contribution in [0.1, 0.15) is 32.4 Å². The normalized spacial score (nSPS) is 12.8. The molecule has 1 amide bonds. The maximum atomic E-state index is 12.5. The van der Waals surface area contributed by atoms with Crippen molar-refractivity contribution in [1.29, 1.82) is 0 Å². The van der Waals surface area contributed by atoms with Gasteiger partial charge in [0.15, 0.2) is 6.54 Å². The molecule has 0 unspecified atom stereocenters. The number of hydrogen-bond donors (Lipinski definition) is 2. The van der Waals surface area contributed by atoms with E-state index in [1.165, 1.54) is 16.4 Å². The summed E-state index contributed by atoms with van der Waals surface area (Å²) in [6, 6.07) is 13.9. The summed E-state index contributed by atoms with van der Waals surface area (Å²) in [6.45, 7) is 6.68. The quantitative estimate of drug-likeness (QED) is 0.649. The van der Waals surface area contributed by atoms with Gasteiger partial charge < -0.3 is 10.6 Å². The van der Waals surface area contributed by atoms with Crippen molar-refractivity contribution in [2.75, 3.05) is 25.0 Å². The number of anilines is 1. The fourth-order valence-corrected chi connectivity index (χ4v) is 4.50. The fraction of sp³-hybridized carbons (Fsp3) is 0.350. The Hall–Kier alpha value is -1.93.